The van der Waals surface area contributed by atoms with Crippen molar-refractivity contribution in [2.45, 2.75) is 77.6 Å². The maximum atomic E-state index is 11.8. The van der Waals surface area contributed by atoms with Crippen LogP contribution in [-0.4, -0.2) is 13.4 Å². The largest absolute Gasteiger partial charge is 0.496 e. The number of fused-ring (bicyclic) bond motifs is 1. The summed E-state index contributed by atoms with van der Waals surface area (Å²) in [6.07, 6.45) is 14.6. The van der Waals surface area contributed by atoms with Crippen LogP contribution in [-0.2, 0) is 19.3 Å². The van der Waals surface area contributed by atoms with Gasteiger partial charge in [-0.1, -0.05) is 57.9 Å². The first-order valence-corrected chi connectivity index (χ1v) is 18.1. The lowest BCUT2D eigenvalue weighted by molar-refractivity contribution is 0.112. The van der Waals surface area contributed by atoms with Crippen molar-refractivity contribution in [1.82, 2.24) is 0 Å². The average molecular weight is 613 g/mol. The number of aryl methyl sites for hydroxylation is 1. The van der Waals surface area contributed by atoms with E-state index in [1.807, 2.05) is 45.3 Å². The second kappa shape index (κ2) is 14.2. The van der Waals surface area contributed by atoms with Gasteiger partial charge in [0.25, 0.3) is 0 Å². The van der Waals surface area contributed by atoms with E-state index in [1.54, 1.807) is 18.4 Å². The summed E-state index contributed by atoms with van der Waals surface area (Å²) >= 11 is 9.21. The molecular weight excluding hydrogens is 577 g/mol. The standard InChI is InChI=1S/C32H36O2S5/c1-3-4-5-6-7-8-9-10-12-23-15-22(21-33)28(36-23)16-24-18-30-31(37-24)19-25(38-30)17-29-26(34-2)20-32(39-29)27-13-11-14-35-27/h11,13-15,18-21H,3-10,12,16-17H2,1-2H3. The molecule has 5 heterocycles. The molecule has 5 aromatic heterocycles. The van der Waals surface area contributed by atoms with Gasteiger partial charge in [0.1, 0.15) is 5.75 Å². The number of hydrogen-bond acceptors (Lipinski definition) is 7. The highest BCUT2D eigenvalue weighted by Gasteiger charge is 2.16. The second-order valence-electron chi connectivity index (χ2n) is 10.0. The van der Waals surface area contributed by atoms with Gasteiger partial charge in [-0.05, 0) is 48.6 Å². The quantitative estimate of drug-likeness (QED) is 0.0818. The minimum Gasteiger partial charge on any atom is -0.496 e. The number of thiophene rings is 5. The Morgan fingerprint density at radius 3 is 2.08 bits per heavy atom. The average Bonchev–Trinajstić information content (AvgIpc) is 3.75. The normalized spacial score (nSPS) is 11.5. The summed E-state index contributed by atoms with van der Waals surface area (Å²) in [5.74, 6) is 0.989. The smallest absolute Gasteiger partial charge is 0.151 e. The molecule has 5 aromatic rings. The lowest BCUT2D eigenvalue weighted by atomic mass is 10.1. The van der Waals surface area contributed by atoms with Crippen LogP contribution in [0, 0.1) is 0 Å². The summed E-state index contributed by atoms with van der Waals surface area (Å²) in [4.78, 5) is 21.0. The molecule has 39 heavy (non-hydrogen) atoms. The molecule has 0 radical (unpaired) electrons. The maximum Gasteiger partial charge on any atom is 0.151 e. The van der Waals surface area contributed by atoms with Gasteiger partial charge in [0, 0.05) is 57.1 Å². The van der Waals surface area contributed by atoms with Crippen molar-refractivity contribution in [3.8, 4) is 15.5 Å². The Kier molecular flexibility index (Phi) is 10.5. The Morgan fingerprint density at radius 2 is 1.44 bits per heavy atom. The lowest BCUT2D eigenvalue weighted by Crippen LogP contribution is -1.86. The van der Waals surface area contributed by atoms with Crippen LogP contribution in [0.3, 0.4) is 0 Å². The fourth-order valence-corrected chi connectivity index (χ4v) is 10.8. The minimum atomic E-state index is 0.862. The van der Waals surface area contributed by atoms with Crippen molar-refractivity contribution in [3.63, 3.8) is 0 Å². The summed E-state index contributed by atoms with van der Waals surface area (Å²) in [6, 6.07) is 13.3. The van der Waals surface area contributed by atoms with E-state index in [2.05, 4.69) is 48.7 Å². The Labute approximate surface area is 252 Å². The predicted molar refractivity (Wildman–Crippen MR) is 176 cm³/mol. The highest BCUT2D eigenvalue weighted by Crippen LogP contribution is 2.42. The van der Waals surface area contributed by atoms with E-state index in [-0.39, 0.29) is 0 Å². The third-order valence-electron chi connectivity index (χ3n) is 7.03. The van der Waals surface area contributed by atoms with Gasteiger partial charge in [0.05, 0.1) is 12.0 Å². The first-order chi connectivity index (χ1) is 19.2. The third-order valence-corrected chi connectivity index (χ3v) is 12.7. The van der Waals surface area contributed by atoms with E-state index in [0.29, 0.717) is 0 Å². The van der Waals surface area contributed by atoms with Crippen LogP contribution in [0.15, 0.2) is 41.8 Å². The number of unbranched alkanes of at least 4 members (excludes halogenated alkanes) is 7. The van der Waals surface area contributed by atoms with Gasteiger partial charge in [0.2, 0.25) is 0 Å². The Balaban J connectivity index is 1.18. The van der Waals surface area contributed by atoms with E-state index in [4.69, 9.17) is 4.74 Å². The number of rotatable bonds is 16. The SMILES string of the molecule is CCCCCCCCCCc1cc(C=O)c(Cc2cc3sc(Cc4sc(-c5cccs5)cc4OC)cc3s2)s1. The molecule has 0 aliphatic heterocycles. The third kappa shape index (κ3) is 7.50. The van der Waals surface area contributed by atoms with Crippen molar-refractivity contribution < 1.29 is 9.53 Å². The summed E-state index contributed by atoms with van der Waals surface area (Å²) < 4.78 is 8.41. The van der Waals surface area contributed by atoms with E-state index >= 15 is 0 Å². The molecule has 206 valence electrons. The number of hydrogen-bond donors (Lipinski definition) is 0. The topological polar surface area (TPSA) is 26.3 Å². The molecular formula is C32H36O2S5. The number of ether oxygens (including phenoxy) is 1. The Hall–Kier alpha value is -1.77. The van der Waals surface area contributed by atoms with E-state index < -0.39 is 0 Å². The van der Waals surface area contributed by atoms with Crippen LogP contribution in [0.25, 0.3) is 19.2 Å². The number of aldehydes is 1. The molecule has 0 amide bonds. The van der Waals surface area contributed by atoms with Gasteiger partial charge in [-0.2, -0.15) is 0 Å². The minimum absolute atomic E-state index is 0.862. The summed E-state index contributed by atoms with van der Waals surface area (Å²) in [5, 5.41) is 2.12. The molecule has 0 fully saturated rings. The molecule has 0 aliphatic rings. The molecule has 0 unspecified atom stereocenters. The van der Waals surface area contributed by atoms with Gasteiger partial charge in [-0.25, -0.2) is 0 Å². The molecule has 0 aromatic carbocycles. The molecule has 0 N–H and O–H groups in total. The highest BCUT2D eigenvalue weighted by molar-refractivity contribution is 7.28. The molecule has 0 atom stereocenters. The molecule has 0 bridgehead atoms. The maximum absolute atomic E-state index is 11.8. The first kappa shape index (κ1) is 28.7. The summed E-state index contributed by atoms with van der Waals surface area (Å²) in [5.41, 5.74) is 0.887. The van der Waals surface area contributed by atoms with Crippen LogP contribution in [0.1, 0.15) is 93.0 Å². The Bertz CT molecular complexity index is 1430. The monoisotopic (exact) mass is 612 g/mol. The van der Waals surface area contributed by atoms with E-state index in [1.165, 1.54) is 94.9 Å². The molecule has 2 nitrogen and oxygen atoms in total. The first-order valence-electron chi connectivity index (χ1n) is 13.9. The van der Waals surface area contributed by atoms with Crippen LogP contribution in [0.5, 0.6) is 5.75 Å². The van der Waals surface area contributed by atoms with Crippen molar-refractivity contribution in [2.75, 3.05) is 7.11 Å². The predicted octanol–water partition coefficient (Wildman–Crippen LogP) is 11.5. The molecule has 7 heteroatoms. The van der Waals surface area contributed by atoms with Gasteiger partial charge < -0.3 is 4.74 Å². The van der Waals surface area contributed by atoms with Gasteiger partial charge >= 0.3 is 0 Å². The molecule has 0 saturated heterocycles. The van der Waals surface area contributed by atoms with E-state index in [0.717, 1.165) is 36.9 Å². The van der Waals surface area contributed by atoms with Gasteiger partial charge in [-0.3, -0.25) is 4.79 Å². The zero-order valence-electron chi connectivity index (χ0n) is 22.8. The Morgan fingerprint density at radius 1 is 0.744 bits per heavy atom. The number of carbonyl (C=O) groups excluding carboxylic acids is 1. The van der Waals surface area contributed by atoms with Crippen LogP contribution in [0.4, 0.5) is 0 Å². The van der Waals surface area contributed by atoms with Gasteiger partial charge in [0.15, 0.2) is 6.29 Å². The summed E-state index contributed by atoms with van der Waals surface area (Å²) in [7, 11) is 1.77. The van der Waals surface area contributed by atoms with Crippen LogP contribution < -0.4 is 4.74 Å². The van der Waals surface area contributed by atoms with Crippen molar-refractivity contribution in [3.05, 3.63) is 71.7 Å². The molecule has 0 saturated carbocycles. The van der Waals surface area contributed by atoms with Crippen molar-refractivity contribution >= 4 is 72.4 Å². The molecule has 0 spiro atoms. The molecule has 0 aliphatic carbocycles. The highest BCUT2D eigenvalue weighted by atomic mass is 32.1. The second-order valence-corrected chi connectivity index (χ2v) is 15.7. The van der Waals surface area contributed by atoms with Gasteiger partial charge in [-0.15, -0.1) is 56.7 Å². The zero-order chi connectivity index (χ0) is 27.0. The van der Waals surface area contributed by atoms with Crippen molar-refractivity contribution in [2.24, 2.45) is 0 Å². The number of carbonyl (C=O) groups is 1. The van der Waals surface area contributed by atoms with Crippen LogP contribution in [0.2, 0.25) is 0 Å². The zero-order valence-corrected chi connectivity index (χ0v) is 26.8. The van der Waals surface area contributed by atoms with Crippen molar-refractivity contribution in [1.29, 1.82) is 0 Å². The summed E-state index contributed by atoms with van der Waals surface area (Å²) in [6.45, 7) is 2.27. The van der Waals surface area contributed by atoms with Crippen LogP contribution >= 0.6 is 56.7 Å². The lowest BCUT2D eigenvalue weighted by Gasteiger charge is -2.01. The molecule has 5 rings (SSSR count). The fraction of sp³-hybridized carbons (Fsp3) is 0.406. The number of methoxy groups -OCH3 is 1. The van der Waals surface area contributed by atoms with E-state index in [9.17, 15) is 4.79 Å². The fourth-order valence-electron chi connectivity index (χ4n) is 4.97.